The van der Waals surface area contributed by atoms with Gasteiger partial charge in [-0.25, -0.2) is 0 Å². The van der Waals surface area contributed by atoms with Crippen LogP contribution >= 0.6 is 0 Å². The first kappa shape index (κ1) is 19.1. The van der Waals surface area contributed by atoms with Gasteiger partial charge in [0.25, 0.3) is 0 Å². The summed E-state index contributed by atoms with van der Waals surface area (Å²) in [4.78, 5) is 0. The molecular formula is C16H34O4Si. The second-order valence-electron chi connectivity index (χ2n) is 7.03. The maximum Gasteiger partial charge on any atom is 0.501 e. The fraction of sp³-hybridized carbons (Fsp3) is 1.00. The third-order valence-electron chi connectivity index (χ3n) is 3.77. The largest absolute Gasteiger partial charge is 0.501 e. The van der Waals surface area contributed by atoms with Crippen LogP contribution in [0.1, 0.15) is 61.3 Å². The lowest BCUT2D eigenvalue weighted by Crippen LogP contribution is -2.52. The summed E-state index contributed by atoms with van der Waals surface area (Å²) < 4.78 is 24.1. The van der Waals surface area contributed by atoms with E-state index in [1.807, 2.05) is 0 Å². The van der Waals surface area contributed by atoms with Crippen molar-refractivity contribution in [3.63, 3.8) is 0 Å². The highest BCUT2D eigenvalue weighted by Crippen LogP contribution is 2.39. The average Bonchev–Trinajstić information content (AvgIpc) is 2.24. The van der Waals surface area contributed by atoms with Crippen LogP contribution in [0.15, 0.2) is 0 Å². The first-order valence-corrected chi connectivity index (χ1v) is 10.3. The fourth-order valence-corrected chi connectivity index (χ4v) is 6.18. The van der Waals surface area contributed by atoms with Gasteiger partial charge in [0.2, 0.25) is 0 Å². The van der Waals surface area contributed by atoms with E-state index in [0.29, 0.717) is 5.41 Å². The fourth-order valence-electron chi connectivity index (χ4n) is 2.67. The van der Waals surface area contributed by atoms with Gasteiger partial charge in [-0.2, -0.15) is 0 Å². The molecule has 0 amide bonds. The van der Waals surface area contributed by atoms with E-state index in [-0.39, 0.29) is 18.3 Å². The van der Waals surface area contributed by atoms with Crippen LogP contribution < -0.4 is 0 Å². The van der Waals surface area contributed by atoms with E-state index in [1.54, 1.807) is 0 Å². The molecule has 0 radical (unpaired) electrons. The summed E-state index contributed by atoms with van der Waals surface area (Å²) in [6.45, 7) is 16.3. The molecule has 1 saturated heterocycles. The number of ether oxygens (including phenoxy) is 1. The second kappa shape index (κ2) is 8.06. The van der Waals surface area contributed by atoms with Gasteiger partial charge in [0.15, 0.2) is 0 Å². The smallest absolute Gasteiger partial charge is 0.380 e. The number of rotatable bonds is 10. The SMILES string of the molecule is CCC1(CC[Si](OC(C)C)(OC(C)C)OC(C)C)COC1. The van der Waals surface area contributed by atoms with E-state index in [9.17, 15) is 0 Å². The summed E-state index contributed by atoms with van der Waals surface area (Å²) in [5.41, 5.74) is 0.305. The van der Waals surface area contributed by atoms with Gasteiger partial charge in [-0.1, -0.05) is 6.92 Å². The molecule has 0 aromatic rings. The quantitative estimate of drug-likeness (QED) is 0.570. The van der Waals surface area contributed by atoms with E-state index >= 15 is 0 Å². The average molecular weight is 319 g/mol. The minimum atomic E-state index is -2.65. The molecule has 0 unspecified atom stereocenters. The molecule has 5 heteroatoms. The minimum absolute atomic E-state index is 0.115. The first-order valence-electron chi connectivity index (χ1n) is 8.34. The molecule has 4 nitrogen and oxygen atoms in total. The van der Waals surface area contributed by atoms with Crippen LogP contribution in [0.3, 0.4) is 0 Å². The zero-order valence-electron chi connectivity index (χ0n) is 14.9. The minimum Gasteiger partial charge on any atom is -0.380 e. The molecule has 0 aliphatic carbocycles. The van der Waals surface area contributed by atoms with E-state index in [1.165, 1.54) is 0 Å². The molecular weight excluding hydrogens is 284 g/mol. The zero-order chi connectivity index (χ0) is 16.1. The van der Waals surface area contributed by atoms with Crippen molar-refractivity contribution in [2.75, 3.05) is 13.2 Å². The zero-order valence-corrected chi connectivity index (χ0v) is 15.9. The molecule has 0 aromatic heterocycles. The number of hydrogen-bond donors (Lipinski definition) is 0. The standard InChI is InChI=1S/C16H34O4Si/c1-8-16(11-17-12-16)9-10-21(18-13(2)3,19-14(4)5)20-15(6)7/h13-15H,8-12H2,1-7H3. The van der Waals surface area contributed by atoms with Crippen molar-refractivity contribution in [2.24, 2.45) is 5.41 Å². The highest BCUT2D eigenvalue weighted by atomic mass is 28.4. The van der Waals surface area contributed by atoms with Crippen molar-refractivity contribution >= 4 is 8.80 Å². The van der Waals surface area contributed by atoms with E-state index in [0.717, 1.165) is 32.1 Å². The van der Waals surface area contributed by atoms with Crippen molar-refractivity contribution in [1.82, 2.24) is 0 Å². The lowest BCUT2D eigenvalue weighted by atomic mass is 9.81. The van der Waals surface area contributed by atoms with E-state index < -0.39 is 8.80 Å². The molecule has 21 heavy (non-hydrogen) atoms. The van der Waals surface area contributed by atoms with Crippen LogP contribution in [-0.4, -0.2) is 40.3 Å². The van der Waals surface area contributed by atoms with Crippen LogP contribution in [0.25, 0.3) is 0 Å². The van der Waals surface area contributed by atoms with Gasteiger partial charge in [-0.3, -0.25) is 0 Å². The molecule has 1 rings (SSSR count). The molecule has 126 valence electrons. The van der Waals surface area contributed by atoms with Crippen LogP contribution in [0.5, 0.6) is 0 Å². The Kier molecular flexibility index (Phi) is 7.33. The second-order valence-corrected chi connectivity index (χ2v) is 9.60. The highest BCUT2D eigenvalue weighted by Gasteiger charge is 2.47. The third-order valence-corrected chi connectivity index (χ3v) is 7.13. The normalized spacial score (nSPS) is 18.6. The summed E-state index contributed by atoms with van der Waals surface area (Å²) in [7, 11) is -2.65. The Labute approximate surface area is 131 Å². The lowest BCUT2D eigenvalue weighted by Gasteiger charge is -2.43. The Hall–Kier alpha value is 0.0569. The third kappa shape index (κ3) is 5.98. The maximum atomic E-state index is 6.22. The first-order chi connectivity index (χ1) is 9.72. The molecule has 0 spiro atoms. The molecule has 1 aliphatic heterocycles. The van der Waals surface area contributed by atoms with Gasteiger partial charge in [-0.15, -0.1) is 0 Å². The van der Waals surface area contributed by atoms with Gasteiger partial charge in [-0.05, 0) is 54.4 Å². The Balaban J connectivity index is 2.80. The predicted molar refractivity (Wildman–Crippen MR) is 87.4 cm³/mol. The van der Waals surface area contributed by atoms with Crippen molar-refractivity contribution in [2.45, 2.75) is 85.7 Å². The molecule has 0 atom stereocenters. The predicted octanol–water partition coefficient (Wildman–Crippen LogP) is 4.02. The summed E-state index contributed by atoms with van der Waals surface area (Å²) in [6.07, 6.45) is 2.54. The van der Waals surface area contributed by atoms with E-state index in [2.05, 4.69) is 48.5 Å². The molecule has 1 aliphatic rings. The molecule has 1 heterocycles. The van der Waals surface area contributed by atoms with Gasteiger partial charge in [0, 0.05) is 29.8 Å². The van der Waals surface area contributed by atoms with Gasteiger partial charge in [0.1, 0.15) is 0 Å². The van der Waals surface area contributed by atoms with Crippen LogP contribution in [0.2, 0.25) is 6.04 Å². The molecule has 0 N–H and O–H groups in total. The van der Waals surface area contributed by atoms with Crippen molar-refractivity contribution in [3.05, 3.63) is 0 Å². The monoisotopic (exact) mass is 318 g/mol. The number of hydrogen-bond acceptors (Lipinski definition) is 4. The van der Waals surface area contributed by atoms with Crippen molar-refractivity contribution < 1.29 is 18.0 Å². The molecule has 1 fully saturated rings. The van der Waals surface area contributed by atoms with Crippen LogP contribution in [0.4, 0.5) is 0 Å². The van der Waals surface area contributed by atoms with Gasteiger partial charge < -0.3 is 18.0 Å². The van der Waals surface area contributed by atoms with Crippen molar-refractivity contribution in [3.8, 4) is 0 Å². The van der Waals surface area contributed by atoms with Gasteiger partial charge in [0.05, 0.1) is 13.2 Å². The lowest BCUT2D eigenvalue weighted by molar-refractivity contribution is -0.119. The summed E-state index contributed by atoms with van der Waals surface area (Å²) in [5, 5.41) is 0. The van der Waals surface area contributed by atoms with E-state index in [4.69, 9.17) is 18.0 Å². The summed E-state index contributed by atoms with van der Waals surface area (Å²) in [6, 6.07) is 0.874. The molecule has 0 bridgehead atoms. The van der Waals surface area contributed by atoms with Gasteiger partial charge >= 0.3 is 8.80 Å². The summed E-state index contributed by atoms with van der Waals surface area (Å²) in [5.74, 6) is 0. The Morgan fingerprint density at radius 1 is 0.905 bits per heavy atom. The van der Waals surface area contributed by atoms with Crippen molar-refractivity contribution in [1.29, 1.82) is 0 Å². The Morgan fingerprint density at radius 2 is 1.33 bits per heavy atom. The topological polar surface area (TPSA) is 36.9 Å². The molecule has 0 aromatic carbocycles. The van der Waals surface area contributed by atoms with Crippen LogP contribution in [-0.2, 0) is 18.0 Å². The highest BCUT2D eigenvalue weighted by molar-refractivity contribution is 6.60. The Bertz CT molecular complexity index is 269. The van der Waals surface area contributed by atoms with Crippen LogP contribution in [0, 0.1) is 5.41 Å². The summed E-state index contributed by atoms with van der Waals surface area (Å²) >= 11 is 0. The Morgan fingerprint density at radius 3 is 1.57 bits per heavy atom. The molecule has 0 saturated carbocycles. The maximum absolute atomic E-state index is 6.22.